The van der Waals surface area contributed by atoms with Crippen molar-refractivity contribution in [1.82, 2.24) is 14.9 Å². The van der Waals surface area contributed by atoms with E-state index < -0.39 is 5.97 Å². The van der Waals surface area contributed by atoms with Crippen LogP contribution >= 0.6 is 0 Å². The van der Waals surface area contributed by atoms with Crippen molar-refractivity contribution in [2.24, 2.45) is 0 Å². The second-order valence-corrected chi connectivity index (χ2v) is 4.67. The molecule has 106 valence electrons. The smallest absolute Gasteiger partial charge is 0.339 e. The van der Waals surface area contributed by atoms with Crippen LogP contribution in [0.1, 0.15) is 55.6 Å². The van der Waals surface area contributed by atoms with Crippen molar-refractivity contribution in [1.29, 1.82) is 0 Å². The maximum Gasteiger partial charge on any atom is 0.339 e. The molecule has 0 spiro atoms. The third-order valence-electron chi connectivity index (χ3n) is 3.05. The molecular formula is C14H23N3O2. The molecule has 0 unspecified atom stereocenters. The molecule has 0 saturated carbocycles. The summed E-state index contributed by atoms with van der Waals surface area (Å²) in [6, 6.07) is 0. The first-order valence-electron chi connectivity index (χ1n) is 6.93. The van der Waals surface area contributed by atoms with Gasteiger partial charge in [0.25, 0.3) is 0 Å². The van der Waals surface area contributed by atoms with Gasteiger partial charge in [-0.15, -0.1) is 0 Å². The largest absolute Gasteiger partial charge is 0.478 e. The van der Waals surface area contributed by atoms with Gasteiger partial charge in [0.1, 0.15) is 11.9 Å². The topological polar surface area (TPSA) is 66.3 Å². The first-order chi connectivity index (χ1) is 9.19. The van der Waals surface area contributed by atoms with Crippen LogP contribution in [-0.2, 0) is 6.54 Å². The highest BCUT2D eigenvalue weighted by molar-refractivity contribution is 5.88. The van der Waals surface area contributed by atoms with Crippen LogP contribution in [0.15, 0.2) is 12.5 Å². The molecule has 0 radical (unpaired) electrons. The molecule has 1 N–H and O–H groups in total. The molecule has 0 aliphatic carbocycles. The number of nitrogens with zero attached hydrogens (tertiary/aromatic N) is 3. The van der Waals surface area contributed by atoms with E-state index in [4.69, 9.17) is 5.11 Å². The Morgan fingerprint density at radius 1 is 1.26 bits per heavy atom. The van der Waals surface area contributed by atoms with Crippen molar-refractivity contribution >= 4 is 5.97 Å². The summed E-state index contributed by atoms with van der Waals surface area (Å²) >= 11 is 0. The molecule has 1 aromatic heterocycles. The highest BCUT2D eigenvalue weighted by Crippen LogP contribution is 2.09. The number of carboxylic acids is 1. The van der Waals surface area contributed by atoms with E-state index in [-0.39, 0.29) is 5.56 Å². The maximum absolute atomic E-state index is 11.1. The summed E-state index contributed by atoms with van der Waals surface area (Å²) in [7, 11) is 0. The number of carbonyl (C=O) groups is 1. The summed E-state index contributed by atoms with van der Waals surface area (Å²) in [5.41, 5.74) is 0.815. The molecule has 0 saturated heterocycles. The van der Waals surface area contributed by atoms with Gasteiger partial charge >= 0.3 is 5.97 Å². The minimum atomic E-state index is -0.957. The summed E-state index contributed by atoms with van der Waals surface area (Å²) in [6.45, 7) is 6.88. The van der Waals surface area contributed by atoms with Crippen molar-refractivity contribution in [3.8, 4) is 0 Å². The van der Waals surface area contributed by atoms with Crippen molar-refractivity contribution in [3.63, 3.8) is 0 Å². The average Bonchev–Trinajstić information content (AvgIpc) is 2.42. The zero-order valence-corrected chi connectivity index (χ0v) is 11.8. The molecule has 0 amide bonds. The fourth-order valence-electron chi connectivity index (χ4n) is 1.90. The van der Waals surface area contributed by atoms with Crippen LogP contribution in [0.5, 0.6) is 0 Å². The summed E-state index contributed by atoms with van der Waals surface area (Å²) in [5, 5.41) is 9.13. The van der Waals surface area contributed by atoms with Crippen molar-refractivity contribution in [2.75, 3.05) is 13.1 Å². The van der Waals surface area contributed by atoms with Crippen LogP contribution in [-0.4, -0.2) is 39.0 Å². The predicted octanol–water partition coefficient (Wildman–Crippen LogP) is 2.58. The molecule has 0 aromatic carbocycles. The zero-order valence-electron chi connectivity index (χ0n) is 11.8. The Morgan fingerprint density at radius 3 is 2.42 bits per heavy atom. The maximum atomic E-state index is 11.1. The molecule has 0 bridgehead atoms. The van der Waals surface area contributed by atoms with Crippen LogP contribution in [0, 0.1) is 0 Å². The van der Waals surface area contributed by atoms with E-state index in [9.17, 15) is 4.79 Å². The normalized spacial score (nSPS) is 10.9. The lowest BCUT2D eigenvalue weighted by atomic mass is 10.2. The Balaban J connectivity index is 2.74. The highest BCUT2D eigenvalue weighted by atomic mass is 16.4. The van der Waals surface area contributed by atoms with Gasteiger partial charge in [0.2, 0.25) is 0 Å². The third-order valence-corrected chi connectivity index (χ3v) is 3.05. The SMILES string of the molecule is CCCCN(CCCC)Cc1ncncc1C(=O)O. The lowest BCUT2D eigenvalue weighted by Crippen LogP contribution is -2.27. The van der Waals surface area contributed by atoms with E-state index in [1.165, 1.54) is 12.5 Å². The van der Waals surface area contributed by atoms with E-state index in [0.29, 0.717) is 12.2 Å². The van der Waals surface area contributed by atoms with Gasteiger partial charge in [0.05, 0.1) is 5.69 Å². The van der Waals surface area contributed by atoms with E-state index in [0.717, 1.165) is 38.8 Å². The Morgan fingerprint density at radius 2 is 1.89 bits per heavy atom. The van der Waals surface area contributed by atoms with Crippen LogP contribution in [0.25, 0.3) is 0 Å². The van der Waals surface area contributed by atoms with Gasteiger partial charge in [-0.2, -0.15) is 0 Å². The standard InChI is InChI=1S/C14H23N3O2/c1-3-5-7-17(8-6-4-2)10-13-12(14(18)19)9-15-11-16-13/h9,11H,3-8,10H2,1-2H3,(H,18,19). The number of carboxylic acid groups (broad SMARTS) is 1. The molecule has 19 heavy (non-hydrogen) atoms. The van der Waals surface area contributed by atoms with Gasteiger partial charge in [0, 0.05) is 12.7 Å². The molecule has 0 atom stereocenters. The second-order valence-electron chi connectivity index (χ2n) is 4.67. The summed E-state index contributed by atoms with van der Waals surface area (Å²) in [5.74, 6) is -0.957. The van der Waals surface area contributed by atoms with Crippen LogP contribution in [0.2, 0.25) is 0 Å². The molecule has 0 aliphatic rings. The molecule has 1 heterocycles. The molecule has 5 nitrogen and oxygen atoms in total. The Hall–Kier alpha value is -1.49. The number of hydrogen-bond acceptors (Lipinski definition) is 4. The molecular weight excluding hydrogens is 242 g/mol. The number of aromatic nitrogens is 2. The van der Waals surface area contributed by atoms with E-state index in [1.54, 1.807) is 0 Å². The van der Waals surface area contributed by atoms with Crippen LogP contribution in [0.3, 0.4) is 0 Å². The van der Waals surface area contributed by atoms with Gasteiger partial charge in [-0.25, -0.2) is 14.8 Å². The first-order valence-corrected chi connectivity index (χ1v) is 6.93. The minimum Gasteiger partial charge on any atom is -0.478 e. The summed E-state index contributed by atoms with van der Waals surface area (Å²) in [4.78, 5) is 21.3. The number of unbranched alkanes of at least 4 members (excludes halogenated alkanes) is 2. The Labute approximate surface area is 114 Å². The van der Waals surface area contributed by atoms with E-state index in [1.807, 2.05) is 0 Å². The predicted molar refractivity (Wildman–Crippen MR) is 74.1 cm³/mol. The monoisotopic (exact) mass is 265 g/mol. The van der Waals surface area contributed by atoms with E-state index >= 15 is 0 Å². The molecule has 5 heteroatoms. The summed E-state index contributed by atoms with van der Waals surface area (Å²) in [6.07, 6.45) is 7.31. The minimum absolute atomic E-state index is 0.209. The summed E-state index contributed by atoms with van der Waals surface area (Å²) < 4.78 is 0. The number of hydrogen-bond donors (Lipinski definition) is 1. The van der Waals surface area contributed by atoms with Gasteiger partial charge < -0.3 is 5.11 Å². The Kier molecular flexibility index (Phi) is 7.03. The van der Waals surface area contributed by atoms with Crippen molar-refractivity contribution in [3.05, 3.63) is 23.8 Å². The van der Waals surface area contributed by atoms with Crippen molar-refractivity contribution < 1.29 is 9.90 Å². The quantitative estimate of drug-likeness (QED) is 0.743. The number of rotatable bonds is 9. The third kappa shape index (κ3) is 5.34. The second kappa shape index (κ2) is 8.58. The fourth-order valence-corrected chi connectivity index (χ4v) is 1.90. The van der Waals surface area contributed by atoms with Gasteiger partial charge in [-0.1, -0.05) is 26.7 Å². The Bertz CT molecular complexity index is 388. The van der Waals surface area contributed by atoms with Crippen LogP contribution in [0.4, 0.5) is 0 Å². The number of aromatic carboxylic acids is 1. The molecule has 1 rings (SSSR count). The lowest BCUT2D eigenvalue weighted by molar-refractivity contribution is 0.0693. The highest BCUT2D eigenvalue weighted by Gasteiger charge is 2.14. The molecule has 0 aliphatic heterocycles. The van der Waals surface area contributed by atoms with Crippen LogP contribution < -0.4 is 0 Å². The zero-order chi connectivity index (χ0) is 14.1. The van der Waals surface area contributed by atoms with Gasteiger partial charge in [-0.3, -0.25) is 4.90 Å². The molecule has 1 aromatic rings. The average molecular weight is 265 g/mol. The van der Waals surface area contributed by atoms with Gasteiger partial charge in [0.15, 0.2) is 0 Å². The lowest BCUT2D eigenvalue weighted by Gasteiger charge is -2.22. The molecule has 0 fully saturated rings. The van der Waals surface area contributed by atoms with Crippen molar-refractivity contribution in [2.45, 2.75) is 46.1 Å². The van der Waals surface area contributed by atoms with E-state index in [2.05, 4.69) is 28.7 Å². The fraction of sp³-hybridized carbons (Fsp3) is 0.643. The van der Waals surface area contributed by atoms with Gasteiger partial charge in [-0.05, 0) is 25.9 Å². The first kappa shape index (κ1) is 15.6.